The van der Waals surface area contributed by atoms with E-state index in [0.717, 1.165) is 16.7 Å². The first-order valence-electron chi connectivity index (χ1n) is 5.69. The van der Waals surface area contributed by atoms with Crippen molar-refractivity contribution in [2.75, 3.05) is 0 Å². The summed E-state index contributed by atoms with van der Waals surface area (Å²) in [6, 6.07) is 4.00. The van der Waals surface area contributed by atoms with Crippen molar-refractivity contribution in [1.82, 2.24) is 0 Å². The van der Waals surface area contributed by atoms with E-state index in [1.807, 2.05) is 32.9 Å². The number of ether oxygens (including phenoxy) is 1. The largest absolute Gasteiger partial charge is 0.480 e. The zero-order valence-corrected chi connectivity index (χ0v) is 11.2. The van der Waals surface area contributed by atoms with E-state index in [9.17, 15) is 4.79 Å². The molecule has 0 fully saturated rings. The first-order chi connectivity index (χ1) is 8.31. The van der Waals surface area contributed by atoms with E-state index in [-0.39, 0.29) is 5.96 Å². The van der Waals surface area contributed by atoms with Crippen LogP contribution in [-0.2, 0) is 4.79 Å². The highest BCUT2D eigenvalue weighted by Gasteiger charge is 2.16. The summed E-state index contributed by atoms with van der Waals surface area (Å²) < 4.78 is 5.63. The fourth-order valence-electron chi connectivity index (χ4n) is 1.80. The van der Waals surface area contributed by atoms with Gasteiger partial charge in [-0.05, 0) is 38.8 Å². The molecule has 1 amide bonds. The molecule has 4 N–H and O–H groups in total. The Morgan fingerprint density at radius 3 is 2.17 bits per heavy atom. The molecule has 0 saturated carbocycles. The van der Waals surface area contributed by atoms with Crippen LogP contribution in [0.2, 0.25) is 0 Å². The van der Waals surface area contributed by atoms with Gasteiger partial charge >= 0.3 is 0 Å². The van der Waals surface area contributed by atoms with Gasteiger partial charge in [-0.3, -0.25) is 4.79 Å². The highest BCUT2D eigenvalue weighted by molar-refractivity contribution is 5.93. The summed E-state index contributed by atoms with van der Waals surface area (Å²) >= 11 is 0. The van der Waals surface area contributed by atoms with Crippen LogP contribution in [0.3, 0.4) is 0 Å². The third-order valence-electron chi connectivity index (χ3n) is 2.49. The fraction of sp³-hybridized carbons (Fsp3) is 0.385. The summed E-state index contributed by atoms with van der Waals surface area (Å²) in [5.41, 5.74) is 13.4. The van der Waals surface area contributed by atoms with E-state index in [2.05, 4.69) is 4.99 Å². The molecule has 0 heterocycles. The highest BCUT2D eigenvalue weighted by Crippen LogP contribution is 2.25. The first kappa shape index (κ1) is 14.0. The molecular weight excluding hydrogens is 230 g/mol. The second-order valence-corrected chi connectivity index (χ2v) is 4.36. The predicted octanol–water partition coefficient (Wildman–Crippen LogP) is 1.18. The summed E-state index contributed by atoms with van der Waals surface area (Å²) in [5, 5.41) is 0. The Morgan fingerprint density at radius 1 is 1.22 bits per heavy atom. The summed E-state index contributed by atoms with van der Waals surface area (Å²) in [7, 11) is 0. The Hall–Kier alpha value is -2.04. The number of rotatable bonds is 3. The molecule has 0 bridgehead atoms. The van der Waals surface area contributed by atoms with Crippen molar-refractivity contribution < 1.29 is 9.53 Å². The van der Waals surface area contributed by atoms with Gasteiger partial charge in [-0.15, -0.1) is 0 Å². The molecule has 1 aromatic carbocycles. The van der Waals surface area contributed by atoms with Crippen LogP contribution >= 0.6 is 0 Å². The van der Waals surface area contributed by atoms with E-state index in [1.165, 1.54) is 0 Å². The lowest BCUT2D eigenvalue weighted by atomic mass is 10.1. The molecule has 1 atom stereocenters. The van der Waals surface area contributed by atoms with Crippen molar-refractivity contribution in [3.8, 4) is 5.75 Å². The average molecular weight is 249 g/mol. The third-order valence-corrected chi connectivity index (χ3v) is 2.49. The molecule has 0 aliphatic heterocycles. The number of guanidine groups is 1. The zero-order chi connectivity index (χ0) is 13.9. The summed E-state index contributed by atoms with van der Waals surface area (Å²) in [4.78, 5) is 15.0. The minimum atomic E-state index is -0.716. The Kier molecular flexibility index (Phi) is 4.31. The number of amides is 1. The van der Waals surface area contributed by atoms with Crippen molar-refractivity contribution >= 4 is 11.9 Å². The predicted molar refractivity (Wildman–Crippen MR) is 71.6 cm³/mol. The molecular formula is C13H19N3O2. The quantitative estimate of drug-likeness (QED) is 0.621. The lowest BCUT2D eigenvalue weighted by molar-refractivity contribution is -0.123. The van der Waals surface area contributed by atoms with Gasteiger partial charge in [0.1, 0.15) is 5.75 Å². The van der Waals surface area contributed by atoms with Crippen LogP contribution in [0.15, 0.2) is 17.1 Å². The summed E-state index contributed by atoms with van der Waals surface area (Å²) in [6.45, 7) is 7.51. The van der Waals surface area contributed by atoms with E-state index < -0.39 is 12.0 Å². The maximum absolute atomic E-state index is 11.6. The molecule has 5 heteroatoms. The van der Waals surface area contributed by atoms with Crippen molar-refractivity contribution in [2.45, 2.75) is 33.8 Å². The number of aryl methyl sites for hydroxylation is 3. The van der Waals surface area contributed by atoms with Crippen LogP contribution in [-0.4, -0.2) is 18.0 Å². The van der Waals surface area contributed by atoms with Crippen LogP contribution in [0.5, 0.6) is 5.75 Å². The zero-order valence-electron chi connectivity index (χ0n) is 11.2. The third kappa shape index (κ3) is 3.48. The van der Waals surface area contributed by atoms with E-state index in [4.69, 9.17) is 16.2 Å². The topological polar surface area (TPSA) is 90.7 Å². The number of carbonyl (C=O) groups excluding carboxylic acids is 1. The van der Waals surface area contributed by atoms with E-state index in [0.29, 0.717) is 5.75 Å². The molecule has 5 nitrogen and oxygen atoms in total. The second kappa shape index (κ2) is 5.53. The van der Waals surface area contributed by atoms with Crippen molar-refractivity contribution in [1.29, 1.82) is 0 Å². The van der Waals surface area contributed by atoms with Gasteiger partial charge in [0, 0.05) is 0 Å². The molecule has 1 unspecified atom stereocenters. The maximum Gasteiger partial charge on any atom is 0.289 e. The van der Waals surface area contributed by atoms with Gasteiger partial charge in [0.05, 0.1) is 0 Å². The monoisotopic (exact) mass is 249 g/mol. The van der Waals surface area contributed by atoms with E-state index in [1.54, 1.807) is 6.92 Å². The number of nitrogens with zero attached hydrogens (tertiary/aromatic N) is 1. The van der Waals surface area contributed by atoms with E-state index >= 15 is 0 Å². The molecule has 0 aliphatic rings. The number of benzene rings is 1. The van der Waals surface area contributed by atoms with Crippen LogP contribution in [0.25, 0.3) is 0 Å². The Morgan fingerprint density at radius 2 is 1.72 bits per heavy atom. The number of hydrogen-bond acceptors (Lipinski definition) is 2. The standard InChI is InChI=1S/C13H19N3O2/c1-7-5-8(2)11(9(3)6-7)18-10(4)12(17)16-13(14)15/h5-6,10H,1-4H3,(H4,14,15,16,17). The van der Waals surface area contributed by atoms with Gasteiger partial charge in [0.15, 0.2) is 12.1 Å². The highest BCUT2D eigenvalue weighted by atomic mass is 16.5. The van der Waals surface area contributed by atoms with Gasteiger partial charge in [0.25, 0.3) is 5.91 Å². The van der Waals surface area contributed by atoms with Crippen molar-refractivity contribution in [2.24, 2.45) is 16.5 Å². The van der Waals surface area contributed by atoms with Gasteiger partial charge in [-0.1, -0.05) is 17.7 Å². The van der Waals surface area contributed by atoms with Crippen LogP contribution in [0, 0.1) is 20.8 Å². The Balaban J connectivity index is 2.92. The molecule has 0 aliphatic carbocycles. The number of aliphatic imine (C=N–C) groups is 1. The Labute approximate surface area is 107 Å². The minimum absolute atomic E-state index is 0.257. The van der Waals surface area contributed by atoms with Gasteiger partial charge in [0.2, 0.25) is 0 Å². The normalized spacial score (nSPS) is 11.8. The first-order valence-corrected chi connectivity index (χ1v) is 5.69. The number of carbonyl (C=O) groups is 1. The van der Waals surface area contributed by atoms with Crippen LogP contribution in [0.1, 0.15) is 23.6 Å². The smallest absolute Gasteiger partial charge is 0.289 e. The number of hydrogen-bond donors (Lipinski definition) is 2. The summed E-state index contributed by atoms with van der Waals surface area (Å²) in [6.07, 6.45) is -0.716. The second-order valence-electron chi connectivity index (χ2n) is 4.36. The van der Waals surface area contributed by atoms with Crippen molar-refractivity contribution in [3.63, 3.8) is 0 Å². The average Bonchev–Trinajstić information content (AvgIpc) is 2.21. The van der Waals surface area contributed by atoms with Crippen LogP contribution < -0.4 is 16.2 Å². The van der Waals surface area contributed by atoms with Crippen LogP contribution in [0.4, 0.5) is 0 Å². The molecule has 1 rings (SSSR count). The summed E-state index contributed by atoms with van der Waals surface area (Å²) in [5.74, 6) is -0.0468. The Bertz CT molecular complexity index is 468. The molecule has 0 spiro atoms. The molecule has 0 radical (unpaired) electrons. The molecule has 18 heavy (non-hydrogen) atoms. The lowest BCUT2D eigenvalue weighted by Gasteiger charge is -2.16. The lowest BCUT2D eigenvalue weighted by Crippen LogP contribution is -2.29. The van der Waals surface area contributed by atoms with Gasteiger partial charge in [-0.2, -0.15) is 4.99 Å². The molecule has 0 saturated heterocycles. The number of nitrogens with two attached hydrogens (primary N) is 2. The maximum atomic E-state index is 11.6. The molecule has 1 aromatic rings. The fourth-order valence-corrected chi connectivity index (χ4v) is 1.80. The van der Waals surface area contributed by atoms with Crippen molar-refractivity contribution in [3.05, 3.63) is 28.8 Å². The molecule has 98 valence electrons. The van der Waals surface area contributed by atoms with Gasteiger partial charge in [-0.25, -0.2) is 0 Å². The minimum Gasteiger partial charge on any atom is -0.480 e. The molecule has 0 aromatic heterocycles. The SMILES string of the molecule is Cc1cc(C)c(OC(C)C(=O)N=C(N)N)c(C)c1. The van der Waals surface area contributed by atoms with Gasteiger partial charge < -0.3 is 16.2 Å².